The molecule has 3 rings (SSSR count). The van der Waals surface area contributed by atoms with Crippen molar-refractivity contribution in [1.29, 1.82) is 0 Å². The molecule has 1 atom stereocenters. The molecule has 34 heavy (non-hydrogen) atoms. The van der Waals surface area contributed by atoms with Gasteiger partial charge < -0.3 is 20.1 Å². The van der Waals surface area contributed by atoms with Gasteiger partial charge in [0.2, 0.25) is 5.91 Å². The van der Waals surface area contributed by atoms with Crippen LogP contribution in [0.15, 0.2) is 71.6 Å². The Labute approximate surface area is 205 Å². The lowest BCUT2D eigenvalue weighted by Gasteiger charge is -2.15. The van der Waals surface area contributed by atoms with Crippen molar-refractivity contribution in [3.63, 3.8) is 0 Å². The SMILES string of the molecule is COc1ccc(CCNC(=O)c2ccccc2NC(=O)[C@H](C)Sc2ccc(C)cc2)cc1OC. The van der Waals surface area contributed by atoms with Crippen LogP contribution in [-0.4, -0.2) is 37.8 Å². The summed E-state index contributed by atoms with van der Waals surface area (Å²) in [5, 5.41) is 5.53. The van der Waals surface area contributed by atoms with E-state index in [-0.39, 0.29) is 17.1 Å². The van der Waals surface area contributed by atoms with E-state index in [4.69, 9.17) is 9.47 Å². The lowest BCUT2D eigenvalue weighted by atomic mass is 10.1. The second-order valence-electron chi connectivity index (χ2n) is 7.80. The van der Waals surface area contributed by atoms with Gasteiger partial charge in [0.05, 0.1) is 30.7 Å². The molecule has 7 heteroatoms. The summed E-state index contributed by atoms with van der Waals surface area (Å²) < 4.78 is 10.6. The second-order valence-corrected chi connectivity index (χ2v) is 9.22. The molecule has 0 saturated heterocycles. The molecule has 178 valence electrons. The van der Waals surface area contributed by atoms with Gasteiger partial charge in [0.15, 0.2) is 11.5 Å². The van der Waals surface area contributed by atoms with E-state index < -0.39 is 0 Å². The van der Waals surface area contributed by atoms with Gasteiger partial charge in [0.1, 0.15) is 0 Å². The van der Waals surface area contributed by atoms with Crippen LogP contribution in [0.5, 0.6) is 11.5 Å². The Morgan fingerprint density at radius 3 is 2.35 bits per heavy atom. The molecular formula is C27H30N2O4S. The predicted octanol–water partition coefficient (Wildman–Crippen LogP) is 5.10. The zero-order valence-electron chi connectivity index (χ0n) is 19.9. The van der Waals surface area contributed by atoms with Gasteiger partial charge in [0.25, 0.3) is 5.91 Å². The van der Waals surface area contributed by atoms with Gasteiger partial charge in [-0.2, -0.15) is 0 Å². The van der Waals surface area contributed by atoms with Gasteiger partial charge in [-0.15, -0.1) is 11.8 Å². The number of para-hydroxylation sites is 1. The molecule has 0 radical (unpaired) electrons. The molecule has 0 aliphatic rings. The number of methoxy groups -OCH3 is 2. The molecule has 0 fully saturated rings. The number of ether oxygens (including phenoxy) is 2. The molecule has 0 aliphatic carbocycles. The maximum Gasteiger partial charge on any atom is 0.253 e. The first-order valence-electron chi connectivity index (χ1n) is 11.0. The molecule has 0 unspecified atom stereocenters. The minimum Gasteiger partial charge on any atom is -0.493 e. The maximum absolute atomic E-state index is 12.8. The molecule has 6 nitrogen and oxygen atoms in total. The minimum atomic E-state index is -0.316. The number of thioether (sulfide) groups is 1. The summed E-state index contributed by atoms with van der Waals surface area (Å²) in [6.07, 6.45) is 0.630. The second kappa shape index (κ2) is 12.1. The van der Waals surface area contributed by atoms with Crippen LogP contribution < -0.4 is 20.1 Å². The highest BCUT2D eigenvalue weighted by Gasteiger charge is 2.18. The molecule has 0 heterocycles. The number of anilines is 1. The van der Waals surface area contributed by atoms with Crippen molar-refractivity contribution in [2.45, 2.75) is 30.4 Å². The fraction of sp³-hybridized carbons (Fsp3) is 0.259. The van der Waals surface area contributed by atoms with Gasteiger partial charge in [0, 0.05) is 11.4 Å². The van der Waals surface area contributed by atoms with Crippen LogP contribution in [0.2, 0.25) is 0 Å². The van der Waals surface area contributed by atoms with Crippen molar-refractivity contribution in [1.82, 2.24) is 5.32 Å². The standard InChI is InChI=1S/C27H30N2O4S/c1-18-9-12-21(13-10-18)34-19(2)26(30)29-23-8-6-5-7-22(23)27(31)28-16-15-20-11-14-24(32-3)25(17-20)33-4/h5-14,17,19H,15-16H2,1-4H3,(H,28,31)(H,29,30)/t19-/m0/s1. The highest BCUT2D eigenvalue weighted by molar-refractivity contribution is 8.00. The highest BCUT2D eigenvalue weighted by Crippen LogP contribution is 2.28. The van der Waals surface area contributed by atoms with Crippen molar-refractivity contribution in [3.05, 3.63) is 83.4 Å². The van der Waals surface area contributed by atoms with Crippen molar-refractivity contribution in [2.75, 3.05) is 26.1 Å². The van der Waals surface area contributed by atoms with Crippen LogP contribution in [0.25, 0.3) is 0 Å². The number of benzene rings is 3. The number of hydrogen-bond acceptors (Lipinski definition) is 5. The van der Waals surface area contributed by atoms with Crippen LogP contribution >= 0.6 is 11.8 Å². The average molecular weight is 479 g/mol. The summed E-state index contributed by atoms with van der Waals surface area (Å²) in [7, 11) is 3.19. The van der Waals surface area contributed by atoms with Crippen LogP contribution in [0.3, 0.4) is 0 Å². The predicted molar refractivity (Wildman–Crippen MR) is 137 cm³/mol. The number of carbonyl (C=O) groups is 2. The number of nitrogens with one attached hydrogen (secondary N) is 2. The first-order chi connectivity index (χ1) is 16.4. The van der Waals surface area contributed by atoms with E-state index in [0.29, 0.717) is 35.7 Å². The van der Waals surface area contributed by atoms with Crippen molar-refractivity contribution >= 4 is 29.3 Å². The molecule has 3 aromatic rings. The van der Waals surface area contributed by atoms with Crippen LogP contribution in [0, 0.1) is 6.92 Å². The van der Waals surface area contributed by atoms with Gasteiger partial charge >= 0.3 is 0 Å². The lowest BCUT2D eigenvalue weighted by molar-refractivity contribution is -0.115. The Kier molecular flexibility index (Phi) is 8.99. The van der Waals surface area contributed by atoms with Crippen LogP contribution in [-0.2, 0) is 11.2 Å². The Bertz CT molecular complexity index is 1130. The van der Waals surface area contributed by atoms with Crippen molar-refractivity contribution < 1.29 is 19.1 Å². The Morgan fingerprint density at radius 1 is 0.941 bits per heavy atom. The normalized spacial score (nSPS) is 11.4. The van der Waals surface area contributed by atoms with Crippen molar-refractivity contribution in [3.8, 4) is 11.5 Å². The first-order valence-corrected chi connectivity index (χ1v) is 11.9. The number of carbonyl (C=O) groups excluding carboxylic acids is 2. The monoisotopic (exact) mass is 478 g/mol. The molecule has 3 aromatic carbocycles. The fourth-order valence-corrected chi connectivity index (χ4v) is 4.22. The Morgan fingerprint density at radius 2 is 1.65 bits per heavy atom. The van der Waals surface area contributed by atoms with Crippen LogP contribution in [0.1, 0.15) is 28.4 Å². The summed E-state index contributed by atoms with van der Waals surface area (Å²) in [6, 6.07) is 20.8. The summed E-state index contributed by atoms with van der Waals surface area (Å²) in [6.45, 7) is 4.32. The van der Waals surface area contributed by atoms with Crippen LogP contribution in [0.4, 0.5) is 5.69 Å². The molecule has 2 amide bonds. The third-order valence-corrected chi connectivity index (χ3v) is 6.39. The highest BCUT2D eigenvalue weighted by atomic mass is 32.2. The molecule has 0 bridgehead atoms. The van der Waals surface area contributed by atoms with Gasteiger partial charge in [-0.25, -0.2) is 0 Å². The van der Waals surface area contributed by atoms with E-state index >= 15 is 0 Å². The van der Waals surface area contributed by atoms with E-state index in [1.807, 2.05) is 56.3 Å². The van der Waals surface area contributed by atoms with Gasteiger partial charge in [-0.3, -0.25) is 9.59 Å². The number of aryl methyl sites for hydroxylation is 1. The van der Waals surface area contributed by atoms with Crippen molar-refractivity contribution in [2.24, 2.45) is 0 Å². The zero-order valence-corrected chi connectivity index (χ0v) is 20.7. The van der Waals surface area contributed by atoms with E-state index in [9.17, 15) is 9.59 Å². The third-order valence-electron chi connectivity index (χ3n) is 5.28. The Hall–Kier alpha value is -3.45. The fourth-order valence-electron chi connectivity index (χ4n) is 3.35. The van der Waals surface area contributed by atoms with Gasteiger partial charge in [-0.05, 0) is 62.2 Å². The minimum absolute atomic E-state index is 0.156. The summed E-state index contributed by atoms with van der Waals surface area (Å²) >= 11 is 1.48. The zero-order chi connectivity index (χ0) is 24.5. The first kappa shape index (κ1) is 25.2. The summed E-state index contributed by atoms with van der Waals surface area (Å²) in [5.74, 6) is 0.915. The Balaban J connectivity index is 1.59. The largest absolute Gasteiger partial charge is 0.493 e. The molecule has 0 saturated carbocycles. The average Bonchev–Trinajstić information content (AvgIpc) is 2.85. The lowest BCUT2D eigenvalue weighted by Crippen LogP contribution is -2.28. The third kappa shape index (κ3) is 6.78. The summed E-state index contributed by atoms with van der Waals surface area (Å²) in [4.78, 5) is 26.6. The number of amides is 2. The number of hydrogen-bond donors (Lipinski definition) is 2. The summed E-state index contributed by atoms with van der Waals surface area (Å²) in [5.41, 5.74) is 3.11. The topological polar surface area (TPSA) is 76.7 Å². The molecule has 0 spiro atoms. The molecule has 2 N–H and O–H groups in total. The smallest absolute Gasteiger partial charge is 0.253 e. The molecule has 0 aliphatic heterocycles. The molecular weight excluding hydrogens is 448 g/mol. The van der Waals surface area contributed by atoms with E-state index in [0.717, 1.165) is 10.5 Å². The van der Waals surface area contributed by atoms with E-state index in [2.05, 4.69) is 10.6 Å². The maximum atomic E-state index is 12.8. The van der Waals surface area contributed by atoms with E-state index in [1.54, 1.807) is 38.5 Å². The number of rotatable bonds is 10. The van der Waals surface area contributed by atoms with E-state index in [1.165, 1.54) is 17.3 Å². The quantitative estimate of drug-likeness (QED) is 0.396. The molecule has 0 aromatic heterocycles. The van der Waals surface area contributed by atoms with Gasteiger partial charge in [-0.1, -0.05) is 35.9 Å².